The molecule has 1 heterocycles. The number of fused-ring (bicyclic) bond motifs is 1. The van der Waals surface area contributed by atoms with E-state index in [4.69, 9.17) is 5.73 Å². The van der Waals surface area contributed by atoms with Crippen molar-refractivity contribution >= 4 is 5.91 Å². The smallest absolute Gasteiger partial charge is 0.242 e. The van der Waals surface area contributed by atoms with Crippen molar-refractivity contribution in [2.75, 3.05) is 6.54 Å². The molecule has 2 unspecified atom stereocenters. The first-order valence-corrected chi connectivity index (χ1v) is 5.81. The van der Waals surface area contributed by atoms with Gasteiger partial charge in [0, 0.05) is 12.6 Å². The standard InChI is InChI=1S/C11H18N2O/c12-11(5-6-11)10(14)13-7-4-8-2-1-3-9(8)13/h8-9H,1-7,12H2. The summed E-state index contributed by atoms with van der Waals surface area (Å²) in [5.41, 5.74) is 5.51. The number of nitrogens with two attached hydrogens (primary N) is 1. The number of rotatable bonds is 1. The average Bonchev–Trinajstić information content (AvgIpc) is 2.65. The lowest BCUT2D eigenvalue weighted by Crippen LogP contribution is -2.47. The van der Waals surface area contributed by atoms with Gasteiger partial charge in [-0.25, -0.2) is 0 Å². The SMILES string of the molecule is NC1(C(=O)N2CCC3CCCC32)CC1. The van der Waals surface area contributed by atoms with E-state index in [-0.39, 0.29) is 5.91 Å². The van der Waals surface area contributed by atoms with E-state index in [1.54, 1.807) is 0 Å². The van der Waals surface area contributed by atoms with Crippen LogP contribution in [0, 0.1) is 5.92 Å². The maximum atomic E-state index is 12.1. The molecule has 2 N–H and O–H groups in total. The number of amides is 1. The van der Waals surface area contributed by atoms with Crippen LogP contribution in [0.5, 0.6) is 0 Å². The van der Waals surface area contributed by atoms with Gasteiger partial charge >= 0.3 is 0 Å². The zero-order chi connectivity index (χ0) is 9.76. The van der Waals surface area contributed by atoms with Crippen molar-refractivity contribution in [1.29, 1.82) is 0 Å². The molecule has 14 heavy (non-hydrogen) atoms. The number of hydrogen-bond acceptors (Lipinski definition) is 2. The Bertz CT molecular complexity index is 272. The molecular formula is C11H18N2O. The largest absolute Gasteiger partial charge is 0.338 e. The van der Waals surface area contributed by atoms with Crippen LogP contribution >= 0.6 is 0 Å². The van der Waals surface area contributed by atoms with Gasteiger partial charge in [-0.3, -0.25) is 4.79 Å². The molecule has 0 spiro atoms. The van der Waals surface area contributed by atoms with Gasteiger partial charge in [0.25, 0.3) is 0 Å². The summed E-state index contributed by atoms with van der Waals surface area (Å²) < 4.78 is 0. The van der Waals surface area contributed by atoms with E-state index in [9.17, 15) is 4.79 Å². The van der Waals surface area contributed by atoms with Crippen LogP contribution in [0.2, 0.25) is 0 Å². The van der Waals surface area contributed by atoms with Gasteiger partial charge < -0.3 is 10.6 Å². The first kappa shape index (κ1) is 8.72. The highest BCUT2D eigenvalue weighted by molar-refractivity contribution is 5.89. The first-order valence-electron chi connectivity index (χ1n) is 5.81. The van der Waals surface area contributed by atoms with Crippen molar-refractivity contribution < 1.29 is 4.79 Å². The quantitative estimate of drug-likeness (QED) is 0.673. The first-order chi connectivity index (χ1) is 6.71. The van der Waals surface area contributed by atoms with Crippen LogP contribution in [0.4, 0.5) is 0 Å². The fourth-order valence-electron chi connectivity index (χ4n) is 3.12. The van der Waals surface area contributed by atoms with Crippen LogP contribution in [-0.4, -0.2) is 28.9 Å². The highest BCUT2D eigenvalue weighted by Gasteiger charge is 2.52. The van der Waals surface area contributed by atoms with E-state index >= 15 is 0 Å². The van der Waals surface area contributed by atoms with Gasteiger partial charge in [0.2, 0.25) is 5.91 Å². The van der Waals surface area contributed by atoms with Crippen molar-refractivity contribution in [3.05, 3.63) is 0 Å². The molecule has 3 rings (SSSR count). The highest BCUT2D eigenvalue weighted by atomic mass is 16.2. The van der Waals surface area contributed by atoms with E-state index in [1.807, 2.05) is 0 Å². The minimum absolute atomic E-state index is 0.243. The Kier molecular flexibility index (Phi) is 1.69. The summed E-state index contributed by atoms with van der Waals surface area (Å²) in [6, 6.07) is 0.545. The van der Waals surface area contributed by atoms with E-state index in [1.165, 1.54) is 25.7 Å². The third-order valence-corrected chi connectivity index (χ3v) is 4.24. The number of carbonyl (C=O) groups is 1. The topological polar surface area (TPSA) is 46.3 Å². The molecule has 3 aliphatic rings. The maximum Gasteiger partial charge on any atom is 0.242 e. The third kappa shape index (κ3) is 1.11. The van der Waals surface area contributed by atoms with Crippen molar-refractivity contribution in [3.63, 3.8) is 0 Å². The second-order valence-electron chi connectivity index (χ2n) is 5.20. The molecule has 3 nitrogen and oxygen atoms in total. The molecule has 1 amide bonds. The maximum absolute atomic E-state index is 12.1. The molecule has 0 aromatic heterocycles. The molecule has 2 saturated carbocycles. The number of likely N-dealkylation sites (tertiary alicyclic amines) is 1. The summed E-state index contributed by atoms with van der Waals surface area (Å²) in [5, 5.41) is 0. The van der Waals surface area contributed by atoms with Gasteiger partial charge in [0.05, 0.1) is 5.54 Å². The number of hydrogen-bond donors (Lipinski definition) is 1. The monoisotopic (exact) mass is 194 g/mol. The Morgan fingerprint density at radius 3 is 2.79 bits per heavy atom. The molecule has 0 aromatic carbocycles. The van der Waals surface area contributed by atoms with Crippen LogP contribution in [-0.2, 0) is 4.79 Å². The van der Waals surface area contributed by atoms with Gasteiger partial charge in [0.15, 0.2) is 0 Å². The van der Waals surface area contributed by atoms with Crippen LogP contribution in [0.3, 0.4) is 0 Å². The van der Waals surface area contributed by atoms with Crippen LogP contribution in [0.1, 0.15) is 38.5 Å². The van der Waals surface area contributed by atoms with E-state index in [0.717, 1.165) is 25.3 Å². The lowest BCUT2D eigenvalue weighted by atomic mass is 10.0. The van der Waals surface area contributed by atoms with Crippen LogP contribution in [0.15, 0.2) is 0 Å². The highest BCUT2D eigenvalue weighted by Crippen LogP contribution is 2.42. The van der Waals surface area contributed by atoms with Crippen LogP contribution in [0.25, 0.3) is 0 Å². The molecule has 78 valence electrons. The summed E-state index contributed by atoms with van der Waals surface area (Å²) in [6.45, 7) is 0.965. The van der Waals surface area contributed by atoms with Crippen molar-refractivity contribution in [3.8, 4) is 0 Å². The molecule has 0 aromatic rings. The van der Waals surface area contributed by atoms with Crippen LogP contribution < -0.4 is 5.73 Å². The second kappa shape index (κ2) is 2.72. The van der Waals surface area contributed by atoms with E-state index < -0.39 is 5.54 Å². The number of carbonyl (C=O) groups excluding carboxylic acids is 1. The summed E-state index contributed by atoms with van der Waals surface area (Å²) >= 11 is 0. The fourth-order valence-corrected chi connectivity index (χ4v) is 3.12. The Morgan fingerprint density at radius 2 is 2.07 bits per heavy atom. The van der Waals surface area contributed by atoms with Crippen molar-refractivity contribution in [1.82, 2.24) is 4.90 Å². The van der Waals surface area contributed by atoms with Gasteiger partial charge in [-0.15, -0.1) is 0 Å². The van der Waals surface area contributed by atoms with Gasteiger partial charge in [-0.05, 0) is 38.0 Å². The lowest BCUT2D eigenvalue weighted by molar-refractivity contribution is -0.134. The molecule has 1 aliphatic heterocycles. The minimum Gasteiger partial charge on any atom is -0.338 e. The van der Waals surface area contributed by atoms with Gasteiger partial charge in [-0.1, -0.05) is 6.42 Å². The average molecular weight is 194 g/mol. The van der Waals surface area contributed by atoms with E-state index in [2.05, 4.69) is 4.90 Å². The fraction of sp³-hybridized carbons (Fsp3) is 0.909. The van der Waals surface area contributed by atoms with E-state index in [0.29, 0.717) is 6.04 Å². The third-order valence-electron chi connectivity index (χ3n) is 4.24. The summed E-state index contributed by atoms with van der Waals surface area (Å²) in [6.07, 6.45) is 6.86. The molecule has 3 heteroatoms. The van der Waals surface area contributed by atoms with Gasteiger partial charge in [-0.2, -0.15) is 0 Å². The molecule has 0 radical (unpaired) electrons. The lowest BCUT2D eigenvalue weighted by Gasteiger charge is -2.26. The Balaban J connectivity index is 1.76. The Labute approximate surface area is 84.6 Å². The molecule has 2 aliphatic carbocycles. The molecule has 3 fully saturated rings. The molecule has 1 saturated heterocycles. The Morgan fingerprint density at radius 1 is 1.29 bits per heavy atom. The predicted octanol–water partition coefficient (Wildman–Crippen LogP) is 0.879. The minimum atomic E-state index is -0.447. The second-order valence-corrected chi connectivity index (χ2v) is 5.20. The normalized spacial score (nSPS) is 38.5. The van der Waals surface area contributed by atoms with Crippen molar-refractivity contribution in [2.24, 2.45) is 11.7 Å². The summed E-state index contributed by atoms with van der Waals surface area (Å²) in [5.74, 6) is 1.04. The Hall–Kier alpha value is -0.570. The van der Waals surface area contributed by atoms with Crippen molar-refractivity contribution in [2.45, 2.75) is 50.1 Å². The summed E-state index contributed by atoms with van der Waals surface area (Å²) in [7, 11) is 0. The molecule has 0 bridgehead atoms. The van der Waals surface area contributed by atoms with Gasteiger partial charge in [0.1, 0.15) is 0 Å². The zero-order valence-electron chi connectivity index (χ0n) is 8.54. The number of nitrogens with zero attached hydrogens (tertiary/aromatic N) is 1. The predicted molar refractivity (Wildman–Crippen MR) is 53.6 cm³/mol. The molecular weight excluding hydrogens is 176 g/mol. The molecule has 2 atom stereocenters. The summed E-state index contributed by atoms with van der Waals surface area (Å²) in [4.78, 5) is 14.2. The zero-order valence-corrected chi connectivity index (χ0v) is 8.54.